The second-order valence-corrected chi connectivity index (χ2v) is 6.15. The predicted octanol–water partition coefficient (Wildman–Crippen LogP) is 3.77. The molecule has 0 saturated heterocycles. The second-order valence-electron chi connectivity index (χ2n) is 6.15. The molecule has 2 aromatic carbocycles. The van der Waals surface area contributed by atoms with Gasteiger partial charge >= 0.3 is 0 Å². The van der Waals surface area contributed by atoms with Crippen molar-refractivity contribution in [3.05, 3.63) is 71.0 Å². The number of hydrogen-bond donors (Lipinski definition) is 0. The van der Waals surface area contributed by atoms with E-state index in [4.69, 9.17) is 0 Å². The molecular formula is C20H22FNO2. The van der Waals surface area contributed by atoms with Crippen molar-refractivity contribution in [1.29, 1.82) is 0 Å². The quantitative estimate of drug-likeness (QED) is 0.574. The monoisotopic (exact) mass is 327 g/mol. The molecule has 4 heteroatoms. The molecule has 0 fully saturated rings. The number of carbonyl (C=O) groups is 2. The fourth-order valence-corrected chi connectivity index (χ4v) is 2.96. The summed E-state index contributed by atoms with van der Waals surface area (Å²) in [6.45, 7) is 1.97. The lowest BCUT2D eigenvalue weighted by atomic mass is 9.80. The van der Waals surface area contributed by atoms with Gasteiger partial charge in [0, 0.05) is 11.1 Å². The van der Waals surface area contributed by atoms with Gasteiger partial charge in [-0.25, -0.2) is 4.39 Å². The van der Waals surface area contributed by atoms with E-state index in [0.29, 0.717) is 24.0 Å². The Bertz CT molecular complexity index is 707. The van der Waals surface area contributed by atoms with Gasteiger partial charge in [-0.2, -0.15) is 0 Å². The van der Waals surface area contributed by atoms with E-state index in [1.807, 2.05) is 38.1 Å². The Kier molecular flexibility index (Phi) is 5.62. The minimum Gasteiger partial charge on any atom is -0.298 e. The molecule has 0 amide bonds. The smallest absolute Gasteiger partial charge is 0.183 e. The van der Waals surface area contributed by atoms with Crippen molar-refractivity contribution < 1.29 is 14.0 Å². The highest BCUT2D eigenvalue weighted by Crippen LogP contribution is 2.28. The molecule has 2 rings (SSSR count). The lowest BCUT2D eigenvalue weighted by Crippen LogP contribution is -2.52. The molecule has 0 aromatic heterocycles. The maximum Gasteiger partial charge on any atom is 0.183 e. The minimum absolute atomic E-state index is 0.0329. The first kappa shape index (κ1) is 18.0. The first-order valence-electron chi connectivity index (χ1n) is 7.95. The Morgan fingerprint density at radius 2 is 1.67 bits per heavy atom. The number of aldehydes is 1. The lowest BCUT2D eigenvalue weighted by Gasteiger charge is -2.38. The van der Waals surface area contributed by atoms with Crippen molar-refractivity contribution in [1.82, 2.24) is 4.90 Å². The van der Waals surface area contributed by atoms with E-state index < -0.39 is 5.54 Å². The van der Waals surface area contributed by atoms with Crippen LogP contribution in [0.4, 0.5) is 4.39 Å². The van der Waals surface area contributed by atoms with Crippen LogP contribution in [0.15, 0.2) is 48.5 Å². The fourth-order valence-electron chi connectivity index (χ4n) is 2.96. The largest absolute Gasteiger partial charge is 0.298 e. The zero-order valence-electron chi connectivity index (χ0n) is 14.3. The summed E-state index contributed by atoms with van der Waals surface area (Å²) in [5.74, 6) is -0.391. The molecule has 1 unspecified atom stereocenters. The Morgan fingerprint density at radius 3 is 2.12 bits per heavy atom. The molecule has 24 heavy (non-hydrogen) atoms. The number of benzene rings is 2. The average Bonchev–Trinajstić information content (AvgIpc) is 2.60. The molecule has 1 atom stereocenters. The standard InChI is InChI=1S/C20H22FNO2/c1-4-20(22(2)3,13-15-5-7-16(14-23)8-6-15)19(24)17-9-11-18(21)12-10-17/h5-12,14H,4,13H2,1-3H3. The first-order valence-corrected chi connectivity index (χ1v) is 7.95. The van der Waals surface area contributed by atoms with Gasteiger partial charge in [0.15, 0.2) is 5.78 Å². The molecule has 0 aliphatic rings. The van der Waals surface area contributed by atoms with Crippen LogP contribution in [-0.4, -0.2) is 36.6 Å². The maximum absolute atomic E-state index is 13.2. The van der Waals surface area contributed by atoms with E-state index in [-0.39, 0.29) is 11.6 Å². The summed E-state index contributed by atoms with van der Waals surface area (Å²) in [6, 6.07) is 12.9. The molecule has 2 aromatic rings. The van der Waals surface area contributed by atoms with Crippen LogP contribution in [0.3, 0.4) is 0 Å². The van der Waals surface area contributed by atoms with Crippen LogP contribution in [0.2, 0.25) is 0 Å². The third kappa shape index (κ3) is 3.60. The summed E-state index contributed by atoms with van der Waals surface area (Å²) in [5, 5.41) is 0. The molecule has 0 heterocycles. The molecular weight excluding hydrogens is 305 g/mol. The number of carbonyl (C=O) groups excluding carboxylic acids is 2. The number of halogens is 1. The molecule has 0 saturated carbocycles. The number of hydrogen-bond acceptors (Lipinski definition) is 3. The SMILES string of the molecule is CCC(Cc1ccc(C=O)cc1)(C(=O)c1ccc(F)cc1)N(C)C. The van der Waals surface area contributed by atoms with Gasteiger partial charge in [0.2, 0.25) is 0 Å². The first-order chi connectivity index (χ1) is 11.4. The molecule has 0 spiro atoms. The van der Waals surface area contributed by atoms with Crippen molar-refractivity contribution in [3.63, 3.8) is 0 Å². The van der Waals surface area contributed by atoms with E-state index in [2.05, 4.69) is 0 Å². The Morgan fingerprint density at radius 1 is 1.08 bits per heavy atom. The van der Waals surface area contributed by atoms with Crippen LogP contribution in [-0.2, 0) is 6.42 Å². The number of ketones is 1. The Balaban J connectivity index is 2.39. The average molecular weight is 327 g/mol. The maximum atomic E-state index is 13.2. The summed E-state index contributed by atoms with van der Waals surface area (Å²) in [4.78, 5) is 25.9. The van der Waals surface area contributed by atoms with E-state index >= 15 is 0 Å². The number of nitrogens with zero attached hydrogens (tertiary/aromatic N) is 1. The third-order valence-electron chi connectivity index (χ3n) is 4.58. The topological polar surface area (TPSA) is 37.4 Å². The van der Waals surface area contributed by atoms with E-state index in [1.165, 1.54) is 24.3 Å². The summed E-state index contributed by atoms with van der Waals surface area (Å²) >= 11 is 0. The zero-order valence-corrected chi connectivity index (χ0v) is 14.3. The van der Waals surface area contributed by atoms with E-state index in [1.54, 1.807) is 12.1 Å². The van der Waals surface area contributed by atoms with Gasteiger partial charge < -0.3 is 0 Å². The van der Waals surface area contributed by atoms with Crippen LogP contribution in [0.5, 0.6) is 0 Å². The van der Waals surface area contributed by atoms with Gasteiger partial charge in [-0.3, -0.25) is 14.5 Å². The Hall–Kier alpha value is -2.33. The number of Topliss-reactive ketones (excluding diaryl/α,β-unsaturated/α-hetero) is 1. The van der Waals surface area contributed by atoms with Gasteiger partial charge in [0.1, 0.15) is 12.1 Å². The molecule has 0 aliphatic heterocycles. The van der Waals surface area contributed by atoms with Gasteiger partial charge in [0.05, 0.1) is 5.54 Å². The van der Waals surface area contributed by atoms with Gasteiger partial charge in [-0.05, 0) is 56.8 Å². The van der Waals surface area contributed by atoms with Crippen LogP contribution >= 0.6 is 0 Å². The second kappa shape index (κ2) is 7.49. The minimum atomic E-state index is -0.722. The third-order valence-corrected chi connectivity index (χ3v) is 4.58. The van der Waals surface area contributed by atoms with Gasteiger partial charge in [-0.15, -0.1) is 0 Å². The van der Waals surface area contributed by atoms with Crippen LogP contribution in [0.1, 0.15) is 39.6 Å². The van der Waals surface area contributed by atoms with Crippen LogP contribution < -0.4 is 0 Å². The lowest BCUT2D eigenvalue weighted by molar-refractivity contribution is 0.0666. The fraction of sp³-hybridized carbons (Fsp3) is 0.300. The molecule has 0 N–H and O–H groups in total. The summed E-state index contributed by atoms with van der Waals surface area (Å²) in [5.41, 5.74) is 1.36. The van der Waals surface area contributed by atoms with Crippen molar-refractivity contribution >= 4 is 12.1 Å². The summed E-state index contributed by atoms with van der Waals surface area (Å²) in [6.07, 6.45) is 1.93. The Labute approximate surface area is 142 Å². The van der Waals surface area contributed by atoms with Crippen LogP contribution in [0.25, 0.3) is 0 Å². The molecule has 0 aliphatic carbocycles. The molecule has 126 valence electrons. The number of rotatable bonds is 7. The normalized spacial score (nSPS) is 13.5. The molecule has 0 radical (unpaired) electrons. The molecule has 0 bridgehead atoms. The highest BCUT2D eigenvalue weighted by molar-refractivity contribution is 6.03. The highest BCUT2D eigenvalue weighted by atomic mass is 19.1. The van der Waals surface area contributed by atoms with E-state index in [9.17, 15) is 14.0 Å². The van der Waals surface area contributed by atoms with Crippen LogP contribution in [0, 0.1) is 5.82 Å². The highest BCUT2D eigenvalue weighted by Gasteiger charge is 2.39. The van der Waals surface area contributed by atoms with Gasteiger partial charge in [0.25, 0.3) is 0 Å². The summed E-state index contributed by atoms with van der Waals surface area (Å²) < 4.78 is 13.2. The van der Waals surface area contributed by atoms with Crippen molar-refractivity contribution in [2.24, 2.45) is 0 Å². The van der Waals surface area contributed by atoms with Crippen molar-refractivity contribution in [2.75, 3.05) is 14.1 Å². The number of likely N-dealkylation sites (N-methyl/N-ethyl adjacent to an activating group) is 1. The predicted molar refractivity (Wildman–Crippen MR) is 93.0 cm³/mol. The zero-order chi connectivity index (χ0) is 17.7. The summed E-state index contributed by atoms with van der Waals surface area (Å²) in [7, 11) is 3.76. The van der Waals surface area contributed by atoms with Crippen molar-refractivity contribution in [2.45, 2.75) is 25.3 Å². The van der Waals surface area contributed by atoms with E-state index in [0.717, 1.165) is 11.8 Å². The van der Waals surface area contributed by atoms with Gasteiger partial charge in [-0.1, -0.05) is 31.2 Å². The van der Waals surface area contributed by atoms with Crippen molar-refractivity contribution in [3.8, 4) is 0 Å². The molecule has 3 nitrogen and oxygen atoms in total.